The van der Waals surface area contributed by atoms with Gasteiger partial charge in [-0.05, 0) is 6.92 Å². The van der Waals surface area contributed by atoms with Gasteiger partial charge in [0.1, 0.15) is 0 Å². The van der Waals surface area contributed by atoms with Gasteiger partial charge in [-0.15, -0.1) is 4.73 Å². The van der Waals surface area contributed by atoms with E-state index in [2.05, 4.69) is 0 Å². The molecule has 74 valence electrons. The third-order valence-electron chi connectivity index (χ3n) is 1.54. The molecule has 1 aromatic rings. The molecule has 0 unspecified atom stereocenters. The van der Waals surface area contributed by atoms with Crippen LogP contribution in [-0.4, -0.2) is 33.1 Å². The van der Waals surface area contributed by atoms with Crippen molar-refractivity contribution in [2.75, 3.05) is 0 Å². The Labute approximate surface area is 73.2 Å². The maximum atomic E-state index is 10.6. The first-order chi connectivity index (χ1) is 5.76. The fourth-order valence-corrected chi connectivity index (χ4v) is 1.73. The van der Waals surface area contributed by atoms with Gasteiger partial charge in [-0.25, -0.2) is 0 Å². The molecule has 0 atom stereocenters. The van der Waals surface area contributed by atoms with Crippen LogP contribution in [0.4, 0.5) is 0 Å². The van der Waals surface area contributed by atoms with Crippen LogP contribution in [0.15, 0.2) is 4.90 Å². The molecule has 1 aromatic heterocycles. The van der Waals surface area contributed by atoms with Crippen molar-refractivity contribution in [3.05, 3.63) is 5.56 Å². The van der Waals surface area contributed by atoms with Crippen molar-refractivity contribution >= 4 is 10.1 Å². The second-order valence-electron chi connectivity index (χ2n) is 2.39. The predicted molar refractivity (Wildman–Crippen MR) is 39.5 cm³/mol. The minimum absolute atomic E-state index is 0.140. The topological polar surface area (TPSA) is 120 Å². The summed E-state index contributed by atoms with van der Waals surface area (Å²) in [6, 6.07) is 0. The van der Waals surface area contributed by atoms with E-state index in [4.69, 9.17) is 20.0 Å². The standard InChI is InChI=1S/C5H7NO6S/c1-2-3(13(10,11)12)5(8)6(9)4(2)7/h7-9H,1H3,(H,10,11,12). The highest BCUT2D eigenvalue weighted by Gasteiger charge is 2.27. The summed E-state index contributed by atoms with van der Waals surface area (Å²) in [5, 5.41) is 26.7. The zero-order chi connectivity index (χ0) is 10.4. The van der Waals surface area contributed by atoms with Gasteiger partial charge in [0.15, 0.2) is 4.90 Å². The average Bonchev–Trinajstić information content (AvgIpc) is 2.14. The molecule has 4 N–H and O–H groups in total. The molecule has 0 fully saturated rings. The van der Waals surface area contributed by atoms with Crippen LogP contribution < -0.4 is 0 Å². The van der Waals surface area contributed by atoms with Crippen LogP contribution in [0.25, 0.3) is 0 Å². The highest BCUT2D eigenvalue weighted by Crippen LogP contribution is 2.34. The summed E-state index contributed by atoms with van der Waals surface area (Å²) in [5.41, 5.74) is -0.331. The molecule has 0 aliphatic carbocycles. The first-order valence-corrected chi connectivity index (χ1v) is 4.50. The van der Waals surface area contributed by atoms with E-state index in [0.29, 0.717) is 0 Å². The van der Waals surface area contributed by atoms with Gasteiger partial charge < -0.3 is 15.4 Å². The zero-order valence-corrected chi connectivity index (χ0v) is 7.28. The number of aromatic hydroxyl groups is 2. The van der Waals surface area contributed by atoms with E-state index in [0.717, 1.165) is 6.92 Å². The SMILES string of the molecule is Cc1c(S(=O)(=O)O)c(O)n(O)c1O. The van der Waals surface area contributed by atoms with Crippen molar-refractivity contribution in [2.24, 2.45) is 0 Å². The molecule has 0 spiro atoms. The summed E-state index contributed by atoms with van der Waals surface area (Å²) in [7, 11) is -4.66. The Hall–Kier alpha value is -1.41. The smallest absolute Gasteiger partial charge is 0.300 e. The first-order valence-electron chi connectivity index (χ1n) is 3.06. The summed E-state index contributed by atoms with van der Waals surface area (Å²) in [4.78, 5) is -0.910. The Morgan fingerprint density at radius 1 is 1.23 bits per heavy atom. The Morgan fingerprint density at radius 2 is 1.69 bits per heavy atom. The molecule has 0 saturated carbocycles. The van der Waals surface area contributed by atoms with E-state index in [1.807, 2.05) is 0 Å². The van der Waals surface area contributed by atoms with Crippen LogP contribution in [0.1, 0.15) is 5.56 Å². The van der Waals surface area contributed by atoms with Gasteiger partial charge in [0.25, 0.3) is 16.0 Å². The molecule has 0 saturated heterocycles. The van der Waals surface area contributed by atoms with E-state index in [9.17, 15) is 8.42 Å². The van der Waals surface area contributed by atoms with Gasteiger partial charge in [-0.3, -0.25) is 4.55 Å². The molecule has 0 bridgehead atoms. The lowest BCUT2D eigenvalue weighted by Gasteiger charge is -1.94. The van der Waals surface area contributed by atoms with E-state index < -0.39 is 26.8 Å². The zero-order valence-electron chi connectivity index (χ0n) is 6.46. The minimum atomic E-state index is -4.66. The molecular formula is C5H7NO6S. The lowest BCUT2D eigenvalue weighted by molar-refractivity contribution is 0.128. The van der Waals surface area contributed by atoms with E-state index >= 15 is 0 Å². The van der Waals surface area contributed by atoms with Gasteiger partial charge in [-0.2, -0.15) is 8.42 Å². The Kier molecular flexibility index (Phi) is 1.89. The molecule has 0 radical (unpaired) electrons. The number of hydrogen-bond acceptors (Lipinski definition) is 5. The van der Waals surface area contributed by atoms with Crippen LogP contribution in [0.3, 0.4) is 0 Å². The lowest BCUT2D eigenvalue weighted by Crippen LogP contribution is -1.99. The van der Waals surface area contributed by atoms with Crippen molar-refractivity contribution in [2.45, 2.75) is 11.8 Å². The number of hydrogen-bond donors (Lipinski definition) is 4. The lowest BCUT2D eigenvalue weighted by atomic mass is 10.4. The molecule has 0 aromatic carbocycles. The van der Waals surface area contributed by atoms with Gasteiger partial charge in [-0.1, -0.05) is 0 Å². The van der Waals surface area contributed by atoms with Crippen molar-refractivity contribution < 1.29 is 28.4 Å². The second kappa shape index (κ2) is 2.54. The summed E-state index contributed by atoms with van der Waals surface area (Å²) >= 11 is 0. The summed E-state index contributed by atoms with van der Waals surface area (Å²) < 4.78 is 29.6. The Bertz CT molecular complexity index is 419. The minimum Gasteiger partial charge on any atom is -0.492 e. The molecule has 1 heterocycles. The van der Waals surface area contributed by atoms with Crippen LogP contribution in [0.2, 0.25) is 0 Å². The van der Waals surface area contributed by atoms with Gasteiger partial charge in [0.05, 0.1) is 0 Å². The maximum absolute atomic E-state index is 10.6. The number of nitrogens with zero attached hydrogens (tertiary/aromatic N) is 1. The monoisotopic (exact) mass is 209 g/mol. The van der Waals surface area contributed by atoms with Crippen molar-refractivity contribution in [1.82, 2.24) is 4.73 Å². The molecule has 7 nitrogen and oxygen atoms in total. The highest BCUT2D eigenvalue weighted by molar-refractivity contribution is 7.86. The van der Waals surface area contributed by atoms with Crippen molar-refractivity contribution in [3.8, 4) is 11.8 Å². The van der Waals surface area contributed by atoms with Gasteiger partial charge >= 0.3 is 0 Å². The van der Waals surface area contributed by atoms with Crippen molar-refractivity contribution in [3.63, 3.8) is 0 Å². The summed E-state index contributed by atoms with van der Waals surface area (Å²) in [5.74, 6) is -1.97. The Morgan fingerprint density at radius 3 is 1.85 bits per heavy atom. The molecule has 13 heavy (non-hydrogen) atoms. The van der Waals surface area contributed by atoms with Gasteiger partial charge in [0, 0.05) is 5.56 Å². The van der Waals surface area contributed by atoms with E-state index in [1.54, 1.807) is 0 Å². The van der Waals surface area contributed by atoms with Crippen LogP contribution in [0, 0.1) is 6.92 Å². The number of rotatable bonds is 1. The van der Waals surface area contributed by atoms with Crippen molar-refractivity contribution in [1.29, 1.82) is 0 Å². The predicted octanol–water partition coefficient (Wildman–Crippen LogP) is -0.308. The first kappa shape index (κ1) is 9.68. The largest absolute Gasteiger partial charge is 0.492 e. The van der Waals surface area contributed by atoms with Crippen LogP contribution >= 0.6 is 0 Å². The van der Waals surface area contributed by atoms with Crippen LogP contribution in [-0.2, 0) is 10.1 Å². The molecule has 1 rings (SSSR count). The van der Waals surface area contributed by atoms with Crippen LogP contribution in [0.5, 0.6) is 11.8 Å². The fourth-order valence-electron chi connectivity index (χ4n) is 0.933. The molecule has 0 aliphatic heterocycles. The van der Waals surface area contributed by atoms with E-state index in [1.165, 1.54) is 0 Å². The summed E-state index contributed by atoms with van der Waals surface area (Å²) in [6.45, 7) is 1.12. The fraction of sp³-hybridized carbons (Fsp3) is 0.200. The normalized spacial score (nSPS) is 11.8. The molecular weight excluding hydrogens is 202 g/mol. The maximum Gasteiger partial charge on any atom is 0.300 e. The van der Waals surface area contributed by atoms with Gasteiger partial charge in [0.2, 0.25) is 5.88 Å². The van der Waals surface area contributed by atoms with E-state index in [-0.39, 0.29) is 10.3 Å². The second-order valence-corrected chi connectivity index (χ2v) is 3.75. The molecule has 8 heteroatoms. The third-order valence-corrected chi connectivity index (χ3v) is 2.54. The molecule has 0 amide bonds. The molecule has 0 aliphatic rings. The third kappa shape index (κ3) is 1.29. The quantitative estimate of drug-likeness (QED) is 0.372. The summed E-state index contributed by atoms with van der Waals surface area (Å²) in [6.07, 6.45) is 0. The Balaban J connectivity index is 3.66. The number of aromatic nitrogens is 1. The highest BCUT2D eigenvalue weighted by atomic mass is 32.2. The average molecular weight is 209 g/mol.